The Hall–Kier alpha value is -3.08. The first-order valence-electron chi connectivity index (χ1n) is 16.7. The molecule has 2 bridgehead atoms. The molecule has 3 aliphatic heterocycles. The third-order valence-corrected chi connectivity index (χ3v) is 13.2. The first-order valence-corrected chi connectivity index (χ1v) is 18.5. The van der Waals surface area contributed by atoms with Gasteiger partial charge in [-0.1, -0.05) is 65.3 Å². The molecule has 3 fully saturated rings. The summed E-state index contributed by atoms with van der Waals surface area (Å²) in [6.07, 6.45) is 4.76. The second kappa shape index (κ2) is 15.0. The SMILES string of the molecule is C=CCN(CCC)C(=O)[C@H]1[C@@H]2SC3(CC2Br)C(C(=O)N(CC=C)c2ccc(N(CC)CC)cc2)N([C@H](CO)c2ccccc2)C(=O)[C@H]13. The van der Waals surface area contributed by atoms with E-state index in [1.165, 1.54) is 0 Å². The van der Waals surface area contributed by atoms with Crippen LogP contribution >= 0.6 is 27.7 Å². The fourth-order valence-electron chi connectivity index (χ4n) is 7.95. The average Bonchev–Trinajstić information content (AvgIpc) is 3.68. The summed E-state index contributed by atoms with van der Waals surface area (Å²) in [6.45, 7) is 16.7. The Morgan fingerprint density at radius 1 is 1.02 bits per heavy atom. The maximum absolute atomic E-state index is 15.2. The largest absolute Gasteiger partial charge is 0.394 e. The number of hydrogen-bond donors (Lipinski definition) is 1. The van der Waals surface area contributed by atoms with Crippen LogP contribution in [0, 0.1) is 11.8 Å². The number of thioether (sulfide) groups is 1. The van der Waals surface area contributed by atoms with Gasteiger partial charge in [0.05, 0.1) is 29.2 Å². The number of carbonyl (C=O) groups is 3. The minimum atomic E-state index is -0.911. The number of benzene rings is 2. The van der Waals surface area contributed by atoms with Crippen molar-refractivity contribution in [1.29, 1.82) is 0 Å². The summed E-state index contributed by atoms with van der Waals surface area (Å²) in [5.74, 6) is -1.86. The van der Waals surface area contributed by atoms with Crippen molar-refractivity contribution in [3.05, 3.63) is 85.5 Å². The second-order valence-corrected chi connectivity index (χ2v) is 15.2. The molecule has 3 saturated heterocycles. The molecule has 3 heterocycles. The molecule has 3 unspecified atom stereocenters. The molecule has 8 nitrogen and oxygen atoms in total. The predicted octanol–water partition coefficient (Wildman–Crippen LogP) is 5.67. The van der Waals surface area contributed by atoms with Gasteiger partial charge in [-0.3, -0.25) is 14.4 Å². The summed E-state index contributed by atoms with van der Waals surface area (Å²) < 4.78 is -0.859. The first-order chi connectivity index (χ1) is 22.7. The van der Waals surface area contributed by atoms with E-state index >= 15 is 4.79 Å². The van der Waals surface area contributed by atoms with Crippen molar-refractivity contribution in [2.75, 3.05) is 49.1 Å². The molecule has 0 aliphatic carbocycles. The lowest BCUT2D eigenvalue weighted by molar-refractivity contribution is -0.145. The van der Waals surface area contributed by atoms with Gasteiger partial charge in [0.15, 0.2) is 0 Å². The molecule has 1 N–H and O–H groups in total. The highest BCUT2D eigenvalue weighted by atomic mass is 79.9. The van der Waals surface area contributed by atoms with Gasteiger partial charge in [0, 0.05) is 54.2 Å². The van der Waals surface area contributed by atoms with Crippen LogP contribution in [-0.4, -0.2) is 92.8 Å². The topological polar surface area (TPSA) is 84.4 Å². The van der Waals surface area contributed by atoms with Gasteiger partial charge in [0.2, 0.25) is 11.8 Å². The molecule has 2 aromatic rings. The molecule has 7 atom stereocenters. The fraction of sp³-hybridized carbons (Fsp3) is 0.486. The number of hydrogen-bond acceptors (Lipinski definition) is 6. The van der Waals surface area contributed by atoms with Crippen LogP contribution in [0.5, 0.6) is 0 Å². The van der Waals surface area contributed by atoms with Crippen LogP contribution in [0.1, 0.15) is 45.2 Å². The molecule has 0 aromatic heterocycles. The van der Waals surface area contributed by atoms with Crippen molar-refractivity contribution in [2.45, 2.75) is 60.5 Å². The van der Waals surface area contributed by atoms with Crippen molar-refractivity contribution >= 4 is 56.8 Å². The third-order valence-electron chi connectivity index (χ3n) is 9.96. The number of halogens is 1. The van der Waals surface area contributed by atoms with Gasteiger partial charge in [-0.05, 0) is 56.5 Å². The van der Waals surface area contributed by atoms with E-state index in [1.807, 2.05) is 61.5 Å². The van der Waals surface area contributed by atoms with Gasteiger partial charge in [0.25, 0.3) is 5.91 Å². The highest BCUT2D eigenvalue weighted by Gasteiger charge is 2.76. The average molecular weight is 724 g/mol. The fourth-order valence-corrected chi connectivity index (χ4v) is 11.5. The van der Waals surface area contributed by atoms with Gasteiger partial charge >= 0.3 is 0 Å². The van der Waals surface area contributed by atoms with Gasteiger partial charge < -0.3 is 24.7 Å². The van der Waals surface area contributed by atoms with Gasteiger partial charge in [-0.2, -0.15) is 0 Å². The zero-order valence-corrected chi connectivity index (χ0v) is 30.0. The number of carbonyl (C=O) groups excluding carboxylic acids is 3. The maximum atomic E-state index is 15.2. The van der Waals surface area contributed by atoms with Gasteiger partial charge in [-0.15, -0.1) is 24.9 Å². The normalized spacial score (nSPS) is 26.5. The lowest BCUT2D eigenvalue weighted by Crippen LogP contribution is -2.56. The highest BCUT2D eigenvalue weighted by Crippen LogP contribution is 2.68. The standard InChI is InChI=1S/C37H47BrN4O4S/c1-6-20-40(21-7-2)34(44)30-31-35(45)42(29(24-43)25-14-12-11-13-15-25)33(37(31)23-28(38)32(30)47-37)36(46)41(22-8-3)27-18-16-26(17-19-27)39(9-4)10-5/h6,8,11-19,28-33,43H,1,3,7,9-10,20-24H2,2,4-5H3/t28?,29-,30-,31+,32-,33?,37?/m1/s1. The van der Waals surface area contributed by atoms with E-state index in [9.17, 15) is 14.7 Å². The minimum absolute atomic E-state index is 0.0570. The molecule has 47 heavy (non-hydrogen) atoms. The summed E-state index contributed by atoms with van der Waals surface area (Å²) in [6, 6.07) is 15.7. The molecule has 3 aliphatic rings. The van der Waals surface area contributed by atoms with Crippen molar-refractivity contribution in [3.8, 4) is 0 Å². The minimum Gasteiger partial charge on any atom is -0.394 e. The number of likely N-dealkylation sites (tertiary alicyclic amines) is 1. The van der Waals surface area contributed by atoms with Crippen molar-refractivity contribution in [1.82, 2.24) is 9.80 Å². The predicted molar refractivity (Wildman–Crippen MR) is 195 cm³/mol. The molecular weight excluding hydrogens is 676 g/mol. The van der Waals surface area contributed by atoms with E-state index in [1.54, 1.807) is 38.6 Å². The summed E-state index contributed by atoms with van der Waals surface area (Å²) >= 11 is 5.50. The number of amides is 3. The Bertz CT molecular complexity index is 1450. The van der Waals surface area contributed by atoms with Crippen molar-refractivity contribution in [2.24, 2.45) is 11.8 Å². The van der Waals surface area contributed by atoms with E-state index < -0.39 is 28.7 Å². The number of fused-ring (bicyclic) bond motifs is 1. The van der Waals surface area contributed by atoms with Crippen LogP contribution in [0.15, 0.2) is 79.9 Å². The first kappa shape index (κ1) is 35.2. The Kier molecular flexibility index (Phi) is 11.2. The molecule has 10 heteroatoms. The maximum Gasteiger partial charge on any atom is 0.251 e. The van der Waals surface area contributed by atoms with Gasteiger partial charge in [0.1, 0.15) is 6.04 Å². The summed E-state index contributed by atoms with van der Waals surface area (Å²) in [7, 11) is 0. The van der Waals surface area contributed by atoms with E-state index in [4.69, 9.17) is 0 Å². The third kappa shape index (κ3) is 6.17. The van der Waals surface area contributed by atoms with Crippen LogP contribution in [0.2, 0.25) is 0 Å². The van der Waals surface area contributed by atoms with Crippen LogP contribution < -0.4 is 9.80 Å². The summed E-state index contributed by atoms with van der Waals surface area (Å²) in [5, 5.41) is 10.7. The monoisotopic (exact) mass is 722 g/mol. The second-order valence-electron chi connectivity index (χ2n) is 12.5. The number of aliphatic hydroxyl groups excluding tert-OH is 1. The molecule has 3 amide bonds. The van der Waals surface area contributed by atoms with Crippen LogP contribution in [0.3, 0.4) is 0 Å². The Balaban J connectivity index is 1.63. The zero-order valence-electron chi connectivity index (χ0n) is 27.6. The Labute approximate surface area is 292 Å². The lowest BCUT2D eigenvalue weighted by Gasteiger charge is -2.40. The van der Waals surface area contributed by atoms with Crippen molar-refractivity contribution in [3.63, 3.8) is 0 Å². The molecule has 5 rings (SSSR count). The molecule has 2 aromatic carbocycles. The number of rotatable bonds is 15. The smallest absolute Gasteiger partial charge is 0.251 e. The number of aliphatic hydroxyl groups is 1. The summed E-state index contributed by atoms with van der Waals surface area (Å²) in [5.41, 5.74) is 2.52. The lowest BCUT2D eigenvalue weighted by atomic mass is 9.70. The van der Waals surface area contributed by atoms with E-state index in [0.717, 1.165) is 30.8 Å². The van der Waals surface area contributed by atoms with E-state index in [2.05, 4.69) is 47.8 Å². The summed E-state index contributed by atoms with van der Waals surface area (Å²) in [4.78, 5) is 51.7. The number of anilines is 2. The van der Waals surface area contributed by atoms with Gasteiger partial charge in [-0.25, -0.2) is 0 Å². The molecule has 252 valence electrons. The van der Waals surface area contributed by atoms with Crippen LogP contribution in [0.25, 0.3) is 0 Å². The molecule has 1 spiro atoms. The zero-order chi connectivity index (χ0) is 33.9. The number of nitrogens with zero attached hydrogens (tertiary/aromatic N) is 4. The number of alkyl halides is 1. The van der Waals surface area contributed by atoms with Crippen molar-refractivity contribution < 1.29 is 19.5 Å². The molecular formula is C37H47BrN4O4S. The van der Waals surface area contributed by atoms with Crippen LogP contribution in [-0.2, 0) is 14.4 Å². The Morgan fingerprint density at radius 2 is 1.66 bits per heavy atom. The Morgan fingerprint density at radius 3 is 2.23 bits per heavy atom. The van der Waals surface area contributed by atoms with E-state index in [-0.39, 0.29) is 41.0 Å². The quantitative estimate of drug-likeness (QED) is 0.188. The van der Waals surface area contributed by atoms with E-state index in [0.29, 0.717) is 25.2 Å². The molecule has 0 radical (unpaired) electrons. The molecule has 0 saturated carbocycles. The highest BCUT2D eigenvalue weighted by molar-refractivity contribution is 9.09. The van der Waals surface area contributed by atoms with Crippen LogP contribution in [0.4, 0.5) is 11.4 Å².